The molecule has 0 radical (unpaired) electrons. The van der Waals surface area contributed by atoms with Gasteiger partial charge in [-0.1, -0.05) is 0 Å². The van der Waals surface area contributed by atoms with Crippen molar-refractivity contribution < 1.29 is 19.0 Å². The Morgan fingerprint density at radius 3 is 2.61 bits per heavy atom. The van der Waals surface area contributed by atoms with Gasteiger partial charge in [-0.25, -0.2) is 14.4 Å². The van der Waals surface area contributed by atoms with Crippen LogP contribution in [0.15, 0.2) is 24.5 Å². The number of nitrogen functional groups attached to an aromatic ring is 1. The van der Waals surface area contributed by atoms with E-state index in [2.05, 4.69) is 9.97 Å². The number of benzene rings is 1. The molecule has 0 atom stereocenters. The summed E-state index contributed by atoms with van der Waals surface area (Å²) in [7, 11) is 0. The van der Waals surface area contributed by atoms with Crippen molar-refractivity contribution in [3.05, 3.63) is 41.6 Å². The molecule has 2 fully saturated rings. The van der Waals surface area contributed by atoms with E-state index in [4.69, 9.17) is 21.0 Å². The zero-order valence-electron chi connectivity index (χ0n) is 17.3. The van der Waals surface area contributed by atoms with Gasteiger partial charge < -0.3 is 25.4 Å². The van der Waals surface area contributed by atoms with Crippen molar-refractivity contribution in [2.75, 3.05) is 43.4 Å². The minimum Gasteiger partial charge on any atom is -0.484 e. The van der Waals surface area contributed by atoms with Gasteiger partial charge in [0.1, 0.15) is 24.4 Å². The molecule has 0 spiro atoms. The fourth-order valence-electron chi connectivity index (χ4n) is 3.49. The number of amides is 1. The maximum Gasteiger partial charge on any atom is 0.248 e. The first kappa shape index (κ1) is 21.0. The smallest absolute Gasteiger partial charge is 0.248 e. The quantitative estimate of drug-likeness (QED) is 0.466. The monoisotopic (exact) mass is 428 g/mol. The van der Waals surface area contributed by atoms with E-state index in [9.17, 15) is 9.18 Å². The van der Waals surface area contributed by atoms with Gasteiger partial charge in [0.05, 0.1) is 11.4 Å². The highest BCUT2D eigenvalue weighted by atomic mass is 19.1. The van der Waals surface area contributed by atoms with Crippen molar-refractivity contribution in [3.63, 3.8) is 0 Å². The SMILES string of the molecule is CC1(Oc2cc(C(=N)c3cc(N4CCN(C(=O)CO)CC4)ncn3)c(N)cc2F)CC1. The Bertz CT molecular complexity index is 1020. The number of piperazine rings is 1. The molecule has 10 heteroatoms. The van der Waals surface area contributed by atoms with Crippen LogP contribution in [0.3, 0.4) is 0 Å². The third-order valence-electron chi connectivity index (χ3n) is 5.68. The Morgan fingerprint density at radius 1 is 1.26 bits per heavy atom. The number of nitrogens with zero attached hydrogens (tertiary/aromatic N) is 4. The van der Waals surface area contributed by atoms with E-state index in [-0.39, 0.29) is 28.7 Å². The summed E-state index contributed by atoms with van der Waals surface area (Å²) in [4.78, 5) is 23.7. The average molecular weight is 428 g/mol. The number of aliphatic hydroxyl groups excluding tert-OH is 1. The van der Waals surface area contributed by atoms with Gasteiger partial charge >= 0.3 is 0 Å². The molecular weight excluding hydrogens is 403 g/mol. The van der Waals surface area contributed by atoms with Gasteiger partial charge in [-0.2, -0.15) is 0 Å². The molecule has 1 aromatic carbocycles. The number of ether oxygens (including phenoxy) is 1. The fourth-order valence-corrected chi connectivity index (χ4v) is 3.49. The van der Waals surface area contributed by atoms with E-state index in [0.717, 1.165) is 12.8 Å². The van der Waals surface area contributed by atoms with Crippen molar-refractivity contribution in [1.29, 1.82) is 5.41 Å². The van der Waals surface area contributed by atoms with Crippen LogP contribution in [-0.2, 0) is 4.79 Å². The number of nitrogens with one attached hydrogen (secondary N) is 1. The Hall–Kier alpha value is -3.27. The van der Waals surface area contributed by atoms with Crippen LogP contribution >= 0.6 is 0 Å². The number of aliphatic hydroxyl groups is 1. The predicted octanol–water partition coefficient (Wildman–Crippen LogP) is 1.19. The molecule has 2 aliphatic rings. The van der Waals surface area contributed by atoms with E-state index in [1.54, 1.807) is 11.0 Å². The average Bonchev–Trinajstić information content (AvgIpc) is 3.51. The van der Waals surface area contributed by atoms with Crippen LogP contribution in [0, 0.1) is 11.2 Å². The molecule has 1 aliphatic carbocycles. The Morgan fingerprint density at radius 2 is 1.97 bits per heavy atom. The number of carbonyl (C=O) groups excluding carboxylic acids is 1. The second-order valence-electron chi connectivity index (χ2n) is 8.08. The molecule has 1 saturated heterocycles. The minimum atomic E-state index is -0.555. The molecular formula is C21H25FN6O3. The van der Waals surface area contributed by atoms with Crippen LogP contribution < -0.4 is 15.4 Å². The Balaban J connectivity index is 1.54. The molecule has 31 heavy (non-hydrogen) atoms. The second-order valence-corrected chi connectivity index (χ2v) is 8.08. The van der Waals surface area contributed by atoms with Crippen molar-refractivity contribution in [3.8, 4) is 5.75 Å². The Labute approximate surface area is 179 Å². The maximum atomic E-state index is 14.3. The topological polar surface area (TPSA) is 129 Å². The van der Waals surface area contributed by atoms with Gasteiger partial charge in [-0.15, -0.1) is 0 Å². The van der Waals surface area contributed by atoms with Gasteiger partial charge in [-0.05, 0) is 25.8 Å². The molecule has 1 aromatic heterocycles. The predicted molar refractivity (Wildman–Crippen MR) is 113 cm³/mol. The third-order valence-corrected chi connectivity index (χ3v) is 5.68. The van der Waals surface area contributed by atoms with Gasteiger partial charge in [0.2, 0.25) is 5.91 Å². The van der Waals surface area contributed by atoms with Gasteiger partial charge in [0, 0.05) is 49.6 Å². The van der Waals surface area contributed by atoms with E-state index in [1.807, 2.05) is 11.8 Å². The zero-order chi connectivity index (χ0) is 22.2. The molecule has 1 amide bonds. The lowest BCUT2D eigenvalue weighted by atomic mass is 10.0. The first-order chi connectivity index (χ1) is 14.8. The lowest BCUT2D eigenvalue weighted by Gasteiger charge is -2.35. The zero-order valence-corrected chi connectivity index (χ0v) is 17.3. The number of carbonyl (C=O) groups is 1. The molecule has 0 bridgehead atoms. The second kappa shape index (κ2) is 8.10. The summed E-state index contributed by atoms with van der Waals surface area (Å²) >= 11 is 0. The number of hydrogen-bond donors (Lipinski definition) is 3. The first-order valence-electron chi connectivity index (χ1n) is 10.1. The summed E-state index contributed by atoms with van der Waals surface area (Å²) in [5.74, 6) is -0.156. The van der Waals surface area contributed by atoms with Crippen LogP contribution in [0.5, 0.6) is 5.75 Å². The lowest BCUT2D eigenvalue weighted by Crippen LogP contribution is -2.49. The maximum absolute atomic E-state index is 14.3. The summed E-state index contributed by atoms with van der Waals surface area (Å²) in [6.45, 7) is 3.45. The number of aromatic nitrogens is 2. The molecule has 0 unspecified atom stereocenters. The molecule has 1 aliphatic heterocycles. The summed E-state index contributed by atoms with van der Waals surface area (Å²) in [5.41, 5.74) is 6.49. The van der Waals surface area contributed by atoms with Gasteiger partial charge in [0.25, 0.3) is 0 Å². The molecule has 9 nitrogen and oxygen atoms in total. The van der Waals surface area contributed by atoms with E-state index in [0.29, 0.717) is 43.3 Å². The van der Waals surface area contributed by atoms with E-state index >= 15 is 0 Å². The first-order valence-corrected chi connectivity index (χ1v) is 10.1. The van der Waals surface area contributed by atoms with Gasteiger partial charge in [0.15, 0.2) is 11.6 Å². The standard InChI is InChI=1S/C21H25FN6O3/c1-21(2-3-21)31-17-8-13(15(23)9-14(17)22)20(24)16-10-18(26-12-25-16)27-4-6-28(7-5-27)19(30)11-29/h8-10,12,24,29H,2-7,11,23H2,1H3. The number of nitrogens with two attached hydrogens (primary N) is 1. The lowest BCUT2D eigenvalue weighted by molar-refractivity contribution is -0.134. The van der Waals surface area contributed by atoms with Gasteiger partial charge in [-0.3, -0.25) is 10.2 Å². The molecule has 4 N–H and O–H groups in total. The van der Waals surface area contributed by atoms with Crippen molar-refractivity contribution in [2.24, 2.45) is 0 Å². The van der Waals surface area contributed by atoms with Crippen LogP contribution in [0.1, 0.15) is 31.0 Å². The molecule has 2 heterocycles. The summed E-state index contributed by atoms with van der Waals surface area (Å²) in [5, 5.41) is 17.6. The summed E-state index contributed by atoms with van der Waals surface area (Å²) < 4.78 is 20.1. The molecule has 1 saturated carbocycles. The molecule has 164 valence electrons. The number of hydrogen-bond acceptors (Lipinski definition) is 8. The van der Waals surface area contributed by atoms with Crippen LogP contribution in [-0.4, -0.2) is 70.0 Å². The number of rotatable bonds is 6. The van der Waals surface area contributed by atoms with Crippen LogP contribution in [0.2, 0.25) is 0 Å². The fraction of sp³-hybridized carbons (Fsp3) is 0.429. The molecule has 2 aromatic rings. The largest absolute Gasteiger partial charge is 0.484 e. The summed E-state index contributed by atoms with van der Waals surface area (Å²) in [6.07, 6.45) is 3.08. The highest BCUT2D eigenvalue weighted by molar-refractivity contribution is 6.13. The highest BCUT2D eigenvalue weighted by Crippen LogP contribution is 2.41. The van der Waals surface area contributed by atoms with Crippen molar-refractivity contribution in [2.45, 2.75) is 25.4 Å². The van der Waals surface area contributed by atoms with Crippen molar-refractivity contribution >= 4 is 23.1 Å². The van der Waals surface area contributed by atoms with E-state index < -0.39 is 12.4 Å². The number of halogens is 1. The van der Waals surface area contributed by atoms with E-state index in [1.165, 1.54) is 18.5 Å². The third kappa shape index (κ3) is 4.43. The highest BCUT2D eigenvalue weighted by Gasteiger charge is 2.40. The minimum absolute atomic E-state index is 0.0426. The Kier molecular flexibility index (Phi) is 5.48. The van der Waals surface area contributed by atoms with Crippen LogP contribution in [0.25, 0.3) is 0 Å². The van der Waals surface area contributed by atoms with Crippen molar-refractivity contribution in [1.82, 2.24) is 14.9 Å². The summed E-state index contributed by atoms with van der Waals surface area (Å²) in [6, 6.07) is 4.31. The molecule has 4 rings (SSSR count). The van der Waals surface area contributed by atoms with Crippen LogP contribution in [0.4, 0.5) is 15.9 Å². The normalized spacial score (nSPS) is 17.4. The number of anilines is 2.